The number of anilines is 2. The molecule has 3 aromatic rings. The molecule has 0 spiro atoms. The first-order valence-electron chi connectivity index (χ1n) is 10.1. The third-order valence-corrected chi connectivity index (χ3v) is 7.30. The van der Waals surface area contributed by atoms with Crippen molar-refractivity contribution in [1.82, 2.24) is 19.9 Å². The summed E-state index contributed by atoms with van der Waals surface area (Å²) >= 11 is 1.35. The lowest BCUT2D eigenvalue weighted by molar-refractivity contribution is 0.265. The molecule has 9 nitrogen and oxygen atoms in total. The fraction of sp³-hybridized carbons (Fsp3) is 0.318. The Balaban J connectivity index is 1.49. The predicted molar refractivity (Wildman–Crippen MR) is 124 cm³/mol. The van der Waals surface area contributed by atoms with Crippen LogP contribution in [0.4, 0.5) is 15.9 Å². The van der Waals surface area contributed by atoms with Crippen LogP contribution in [0.15, 0.2) is 35.7 Å². The van der Waals surface area contributed by atoms with Crippen molar-refractivity contribution in [3.63, 3.8) is 0 Å². The molecule has 0 amide bonds. The Kier molecular flexibility index (Phi) is 5.07. The highest BCUT2D eigenvalue weighted by atomic mass is 32.2. The van der Waals surface area contributed by atoms with Crippen LogP contribution in [0.25, 0.3) is 11.0 Å². The minimum atomic E-state index is -0.942. The number of fused-ring (bicyclic) bond motifs is 2. The van der Waals surface area contributed by atoms with Gasteiger partial charge in [-0.25, -0.2) is 19.9 Å². The Morgan fingerprint density at radius 3 is 3.03 bits per heavy atom. The van der Waals surface area contributed by atoms with Gasteiger partial charge >= 0.3 is 0 Å². The Morgan fingerprint density at radius 2 is 2.24 bits per heavy atom. The van der Waals surface area contributed by atoms with Gasteiger partial charge in [0.2, 0.25) is 11.8 Å². The lowest BCUT2D eigenvalue weighted by Gasteiger charge is -2.33. The van der Waals surface area contributed by atoms with Gasteiger partial charge in [0.1, 0.15) is 5.52 Å². The number of amidine groups is 1. The minimum absolute atomic E-state index is 0.0488. The number of thioether (sulfide) groups is 1. The second-order valence-corrected chi connectivity index (χ2v) is 9.53. The zero-order valence-electron chi connectivity index (χ0n) is 17.6. The molecule has 1 saturated carbocycles. The molecule has 4 heterocycles. The van der Waals surface area contributed by atoms with Gasteiger partial charge in [0.25, 0.3) is 0 Å². The van der Waals surface area contributed by atoms with Gasteiger partial charge in [-0.05, 0) is 25.5 Å². The monoisotopic (exact) mass is 465 g/mol. The van der Waals surface area contributed by atoms with Crippen molar-refractivity contribution < 1.29 is 14.2 Å². The molecule has 11 heteroatoms. The van der Waals surface area contributed by atoms with E-state index < -0.39 is 16.2 Å². The zero-order valence-corrected chi connectivity index (χ0v) is 18.4. The number of pyridine rings is 2. The number of hydrogen-bond donors (Lipinski definition) is 3. The molecule has 5 rings (SSSR count). The third-order valence-electron chi connectivity index (χ3n) is 6.01. The maximum absolute atomic E-state index is 14.9. The van der Waals surface area contributed by atoms with Gasteiger partial charge < -0.3 is 20.9 Å². The number of nitrogens with one attached hydrogen (secondary N) is 1. The van der Waals surface area contributed by atoms with Crippen LogP contribution in [0.2, 0.25) is 0 Å². The van der Waals surface area contributed by atoms with Gasteiger partial charge in [0, 0.05) is 17.7 Å². The van der Waals surface area contributed by atoms with Gasteiger partial charge in [-0.15, -0.1) is 6.42 Å². The fourth-order valence-corrected chi connectivity index (χ4v) is 5.65. The minimum Gasteiger partial charge on any atom is -0.463 e. The van der Waals surface area contributed by atoms with Crippen molar-refractivity contribution in [3.05, 3.63) is 42.2 Å². The summed E-state index contributed by atoms with van der Waals surface area (Å²) in [6, 6.07) is 3.35. The normalized spacial score (nSPS) is 25.6. The highest BCUT2D eigenvalue weighted by molar-refractivity contribution is 8.15. The van der Waals surface area contributed by atoms with Crippen LogP contribution in [0, 0.1) is 24.2 Å². The molecule has 4 N–H and O–H groups in total. The Hall–Kier alpha value is -3.49. The number of aliphatic imine (C=N–C) groups is 1. The molecular formula is C22H20FN7O2S. The molecule has 2 aliphatic rings. The van der Waals surface area contributed by atoms with Crippen LogP contribution in [0.1, 0.15) is 18.9 Å². The van der Waals surface area contributed by atoms with Crippen molar-refractivity contribution in [1.29, 1.82) is 0 Å². The van der Waals surface area contributed by atoms with E-state index in [-0.39, 0.29) is 19.1 Å². The number of aliphatic hydroxyl groups excluding tert-OH is 1. The highest BCUT2D eigenvalue weighted by Gasteiger charge is 2.66. The average Bonchev–Trinajstić information content (AvgIpc) is 3.55. The van der Waals surface area contributed by atoms with E-state index in [4.69, 9.17) is 16.9 Å². The van der Waals surface area contributed by atoms with Gasteiger partial charge in [0.05, 0.1) is 40.5 Å². The first kappa shape index (κ1) is 21.4. The first-order chi connectivity index (χ1) is 15.9. The van der Waals surface area contributed by atoms with Gasteiger partial charge in [-0.1, -0.05) is 17.7 Å². The van der Waals surface area contributed by atoms with E-state index in [1.807, 2.05) is 6.92 Å². The predicted octanol–water partition coefficient (Wildman–Crippen LogP) is 2.34. The van der Waals surface area contributed by atoms with Gasteiger partial charge in [0.15, 0.2) is 17.6 Å². The number of ether oxygens (including phenoxy) is 1. The molecule has 0 radical (unpaired) electrons. The molecule has 1 aliphatic heterocycles. The zero-order chi connectivity index (χ0) is 23.2. The van der Waals surface area contributed by atoms with Crippen molar-refractivity contribution in [2.24, 2.45) is 16.6 Å². The topological polar surface area (TPSA) is 131 Å². The van der Waals surface area contributed by atoms with Crippen LogP contribution in [0.3, 0.4) is 0 Å². The highest BCUT2D eigenvalue weighted by Crippen LogP contribution is 2.65. The van der Waals surface area contributed by atoms with Crippen molar-refractivity contribution >= 4 is 39.5 Å². The molecule has 3 aromatic heterocycles. The van der Waals surface area contributed by atoms with E-state index in [0.717, 1.165) is 0 Å². The van der Waals surface area contributed by atoms with Crippen molar-refractivity contribution in [3.8, 4) is 18.2 Å². The van der Waals surface area contributed by atoms with E-state index in [9.17, 15) is 9.50 Å². The molecule has 0 bridgehead atoms. The van der Waals surface area contributed by atoms with Crippen molar-refractivity contribution in [2.45, 2.75) is 23.6 Å². The summed E-state index contributed by atoms with van der Waals surface area (Å²) in [5.41, 5.74) is 6.95. The second-order valence-electron chi connectivity index (χ2n) is 8.09. The summed E-state index contributed by atoms with van der Waals surface area (Å²) in [6.07, 6.45) is 10.3. The summed E-state index contributed by atoms with van der Waals surface area (Å²) in [7, 11) is 0. The average molecular weight is 466 g/mol. The van der Waals surface area contributed by atoms with Crippen LogP contribution in [0.5, 0.6) is 5.88 Å². The number of hydrogen-bond acceptors (Lipinski definition) is 10. The number of halogens is 1. The maximum Gasteiger partial charge on any atom is 0.233 e. The molecule has 33 heavy (non-hydrogen) atoms. The molecule has 0 saturated heterocycles. The SMILES string of the molecule is C#CCOc1cnc2c(Nc3cnc(F)c([C@@]4(C)N=C(N)S[C@]5(CO)C[C@H]54)c3)nccc2n1. The van der Waals surface area contributed by atoms with E-state index in [1.165, 1.54) is 24.2 Å². The quantitative estimate of drug-likeness (QED) is 0.371. The van der Waals surface area contributed by atoms with Crippen LogP contribution < -0.4 is 15.8 Å². The largest absolute Gasteiger partial charge is 0.463 e. The third kappa shape index (κ3) is 3.61. The van der Waals surface area contributed by atoms with Crippen LogP contribution in [-0.4, -0.2) is 48.2 Å². The van der Waals surface area contributed by atoms with Gasteiger partial charge in [-0.3, -0.25) is 4.99 Å². The number of rotatable bonds is 6. The molecule has 0 unspecified atom stereocenters. The fourth-order valence-electron chi connectivity index (χ4n) is 4.32. The lowest BCUT2D eigenvalue weighted by Crippen LogP contribution is -2.37. The second kappa shape index (κ2) is 7.83. The summed E-state index contributed by atoms with van der Waals surface area (Å²) in [4.78, 5) is 21.6. The summed E-state index contributed by atoms with van der Waals surface area (Å²) in [5, 5.41) is 13.4. The first-order valence-corrected chi connectivity index (χ1v) is 11.0. The summed E-state index contributed by atoms with van der Waals surface area (Å²) < 4.78 is 19.8. The van der Waals surface area contributed by atoms with Gasteiger partial charge in [-0.2, -0.15) is 4.39 Å². The summed E-state index contributed by atoms with van der Waals surface area (Å²) in [5.74, 6) is 2.42. The molecular weight excluding hydrogens is 445 g/mol. The number of terminal acetylenes is 1. The number of aliphatic hydroxyl groups is 1. The van der Waals surface area contributed by atoms with E-state index in [1.54, 1.807) is 18.3 Å². The van der Waals surface area contributed by atoms with Crippen LogP contribution in [-0.2, 0) is 5.54 Å². The van der Waals surface area contributed by atoms with Crippen LogP contribution >= 0.6 is 11.8 Å². The van der Waals surface area contributed by atoms with E-state index in [2.05, 4.69) is 36.2 Å². The molecule has 0 aromatic carbocycles. The molecule has 1 aliphatic carbocycles. The Labute approximate surface area is 193 Å². The number of aromatic nitrogens is 4. The Morgan fingerprint density at radius 1 is 1.39 bits per heavy atom. The summed E-state index contributed by atoms with van der Waals surface area (Å²) in [6.45, 7) is 1.86. The Bertz CT molecular complexity index is 1330. The van der Waals surface area contributed by atoms with E-state index in [0.29, 0.717) is 45.6 Å². The number of nitrogens with zero attached hydrogens (tertiary/aromatic N) is 5. The van der Waals surface area contributed by atoms with Crippen molar-refractivity contribution in [2.75, 3.05) is 18.5 Å². The molecule has 168 valence electrons. The van der Waals surface area contributed by atoms with E-state index >= 15 is 0 Å². The maximum atomic E-state index is 14.9. The standard InChI is InChI=1S/C22H20FN7O2S/c1-3-6-32-16-10-26-17-14(29-16)4-5-25-19(17)28-12-7-13(18(23)27-9-12)21(2)15-8-22(15,11-31)33-20(24)30-21/h1,4-5,7,9-10,15,31H,6,8,11H2,2H3,(H2,24,30)(H,25,28)/t15-,21+,22-/m0/s1. The smallest absolute Gasteiger partial charge is 0.233 e. The lowest BCUT2D eigenvalue weighted by atomic mass is 9.86. The molecule has 3 atom stereocenters. The molecule has 1 fully saturated rings. The number of nitrogens with two attached hydrogens (primary N) is 1.